The van der Waals surface area contributed by atoms with E-state index in [1.54, 1.807) is 6.92 Å². The second-order valence-electron chi connectivity index (χ2n) is 2.22. The van der Waals surface area contributed by atoms with Gasteiger partial charge in [0.05, 0.1) is 0 Å². The summed E-state index contributed by atoms with van der Waals surface area (Å²) < 4.78 is 0. The van der Waals surface area contributed by atoms with Gasteiger partial charge in [0, 0.05) is 6.54 Å². The summed E-state index contributed by atoms with van der Waals surface area (Å²) in [5, 5.41) is 0. The van der Waals surface area contributed by atoms with Crippen LogP contribution in [0.3, 0.4) is 0 Å². The summed E-state index contributed by atoms with van der Waals surface area (Å²) in [6.45, 7) is 4.41. The fraction of sp³-hybridized carbons (Fsp3) is 0.300. The first-order valence-electron chi connectivity index (χ1n) is 3.86. The van der Waals surface area contributed by atoms with Crippen LogP contribution in [0.5, 0.6) is 0 Å². The first-order chi connectivity index (χ1) is 5.81. The van der Waals surface area contributed by atoms with E-state index >= 15 is 0 Å². The molecular formula is C10H13NO. The van der Waals surface area contributed by atoms with Gasteiger partial charge in [0.15, 0.2) is 0 Å². The van der Waals surface area contributed by atoms with Crippen LogP contribution < -0.4 is 0 Å². The van der Waals surface area contributed by atoms with Gasteiger partial charge in [-0.1, -0.05) is 35.9 Å². The Balaban J connectivity index is 0.000000217. The molecule has 0 heterocycles. The van der Waals surface area contributed by atoms with Crippen molar-refractivity contribution in [1.82, 2.24) is 0 Å². The average Bonchev–Trinajstić information content (AvgIpc) is 2.08. The van der Waals surface area contributed by atoms with Gasteiger partial charge in [-0.2, -0.15) is 0 Å². The Labute approximate surface area is 73.0 Å². The molecule has 0 saturated heterocycles. The number of nitrogens with zero attached hydrogens (tertiary/aromatic N) is 1. The topological polar surface area (TPSA) is 29.4 Å². The van der Waals surface area contributed by atoms with Crippen molar-refractivity contribution in [2.24, 2.45) is 4.99 Å². The van der Waals surface area contributed by atoms with E-state index in [4.69, 9.17) is 4.79 Å². The Bertz CT molecular complexity index is 237. The molecule has 1 rings (SSSR count). The van der Waals surface area contributed by atoms with Gasteiger partial charge in [-0.3, -0.25) is 0 Å². The summed E-state index contributed by atoms with van der Waals surface area (Å²) in [5.74, 6) is 0. The Morgan fingerprint density at radius 1 is 1.33 bits per heavy atom. The van der Waals surface area contributed by atoms with E-state index in [0.717, 1.165) is 0 Å². The number of isocyanates is 1. The molecule has 0 spiro atoms. The molecule has 0 aliphatic carbocycles. The van der Waals surface area contributed by atoms with Gasteiger partial charge in [-0.25, -0.2) is 9.79 Å². The van der Waals surface area contributed by atoms with Crippen molar-refractivity contribution in [3.05, 3.63) is 35.9 Å². The van der Waals surface area contributed by atoms with Gasteiger partial charge in [0.25, 0.3) is 0 Å². The van der Waals surface area contributed by atoms with Crippen molar-refractivity contribution >= 4 is 6.08 Å². The third-order valence-corrected chi connectivity index (χ3v) is 1.16. The monoisotopic (exact) mass is 163 g/mol. The van der Waals surface area contributed by atoms with Crippen LogP contribution in [0.2, 0.25) is 0 Å². The Morgan fingerprint density at radius 3 is 2.08 bits per heavy atom. The maximum atomic E-state index is 9.11. The molecule has 0 aromatic heterocycles. The average molecular weight is 163 g/mol. The van der Waals surface area contributed by atoms with Crippen LogP contribution >= 0.6 is 0 Å². The summed E-state index contributed by atoms with van der Waals surface area (Å²) >= 11 is 0. The van der Waals surface area contributed by atoms with Crippen LogP contribution in [0.4, 0.5) is 0 Å². The third kappa shape index (κ3) is 6.72. The number of aliphatic imine (C=N–C) groups is 1. The molecule has 0 saturated carbocycles. The van der Waals surface area contributed by atoms with Gasteiger partial charge in [0.2, 0.25) is 6.08 Å². The summed E-state index contributed by atoms with van der Waals surface area (Å²) in [5.41, 5.74) is 1.32. The molecule has 64 valence electrons. The molecule has 12 heavy (non-hydrogen) atoms. The highest BCUT2D eigenvalue weighted by molar-refractivity contribution is 5.32. The quantitative estimate of drug-likeness (QED) is 0.461. The molecule has 0 fully saturated rings. The van der Waals surface area contributed by atoms with Crippen molar-refractivity contribution in [2.75, 3.05) is 6.54 Å². The second-order valence-corrected chi connectivity index (χ2v) is 2.22. The Kier molecular flexibility index (Phi) is 6.81. The van der Waals surface area contributed by atoms with E-state index in [-0.39, 0.29) is 0 Å². The van der Waals surface area contributed by atoms with E-state index in [9.17, 15) is 0 Å². The normalized spacial score (nSPS) is 7.50. The number of rotatable bonds is 1. The fourth-order valence-electron chi connectivity index (χ4n) is 0.599. The van der Waals surface area contributed by atoms with Gasteiger partial charge >= 0.3 is 0 Å². The second kappa shape index (κ2) is 7.70. The minimum Gasteiger partial charge on any atom is -0.211 e. The predicted molar refractivity (Wildman–Crippen MR) is 49.8 cm³/mol. The lowest BCUT2D eigenvalue weighted by Gasteiger charge is -1.82. The van der Waals surface area contributed by atoms with Crippen LogP contribution in [0, 0.1) is 6.92 Å². The smallest absolute Gasteiger partial charge is 0.211 e. The van der Waals surface area contributed by atoms with E-state index in [2.05, 4.69) is 24.0 Å². The first kappa shape index (κ1) is 10.6. The van der Waals surface area contributed by atoms with E-state index in [1.807, 2.05) is 18.2 Å². The molecule has 0 unspecified atom stereocenters. The molecule has 0 aliphatic heterocycles. The Morgan fingerprint density at radius 2 is 1.92 bits per heavy atom. The highest BCUT2D eigenvalue weighted by Crippen LogP contribution is 1.92. The summed E-state index contributed by atoms with van der Waals surface area (Å²) in [6, 6.07) is 10.3. The van der Waals surface area contributed by atoms with Crippen LogP contribution in [0.15, 0.2) is 35.3 Å². The zero-order valence-electron chi connectivity index (χ0n) is 7.45. The summed E-state index contributed by atoms with van der Waals surface area (Å²) in [6.07, 6.45) is 1.39. The fourth-order valence-corrected chi connectivity index (χ4v) is 0.599. The molecule has 0 radical (unpaired) electrons. The van der Waals surface area contributed by atoms with Crippen molar-refractivity contribution in [2.45, 2.75) is 13.8 Å². The molecule has 0 atom stereocenters. The van der Waals surface area contributed by atoms with E-state index < -0.39 is 0 Å². The van der Waals surface area contributed by atoms with E-state index in [1.165, 1.54) is 11.6 Å². The van der Waals surface area contributed by atoms with Crippen LogP contribution in [-0.2, 0) is 4.79 Å². The van der Waals surface area contributed by atoms with Crippen molar-refractivity contribution < 1.29 is 4.79 Å². The molecule has 0 amide bonds. The number of aryl methyl sites for hydroxylation is 1. The Hall–Kier alpha value is -1.40. The first-order valence-corrected chi connectivity index (χ1v) is 3.86. The third-order valence-electron chi connectivity index (χ3n) is 1.16. The lowest BCUT2D eigenvalue weighted by atomic mass is 10.2. The van der Waals surface area contributed by atoms with Crippen LogP contribution in [0.25, 0.3) is 0 Å². The molecular weight excluding hydrogens is 150 g/mol. The molecule has 0 bridgehead atoms. The summed E-state index contributed by atoms with van der Waals surface area (Å²) in [7, 11) is 0. The van der Waals surface area contributed by atoms with Crippen LogP contribution in [0.1, 0.15) is 12.5 Å². The van der Waals surface area contributed by atoms with Gasteiger partial charge in [0.1, 0.15) is 0 Å². The highest BCUT2D eigenvalue weighted by Gasteiger charge is 1.72. The number of carbonyl (C=O) groups excluding carboxylic acids is 1. The standard InChI is InChI=1S/C7H8.C3H5NO/c1-7-5-3-2-4-6-7;1-2-4-3-5/h2-6H,1H3;2H2,1H3. The van der Waals surface area contributed by atoms with Crippen LogP contribution in [-0.4, -0.2) is 12.6 Å². The molecule has 2 nitrogen and oxygen atoms in total. The van der Waals surface area contributed by atoms with E-state index in [0.29, 0.717) is 6.54 Å². The molecule has 1 aromatic rings. The van der Waals surface area contributed by atoms with Crippen molar-refractivity contribution in [3.8, 4) is 0 Å². The van der Waals surface area contributed by atoms with Gasteiger partial charge in [-0.05, 0) is 13.8 Å². The molecule has 0 aliphatic rings. The predicted octanol–water partition coefficient (Wildman–Crippen LogP) is 2.34. The minimum absolute atomic E-state index is 0.545. The SMILES string of the molecule is CCN=C=O.Cc1ccccc1. The largest absolute Gasteiger partial charge is 0.234 e. The number of hydrogen-bond acceptors (Lipinski definition) is 2. The minimum atomic E-state index is 0.545. The van der Waals surface area contributed by atoms with Crippen molar-refractivity contribution in [3.63, 3.8) is 0 Å². The zero-order chi connectivity index (χ0) is 9.23. The molecule has 2 heteroatoms. The maximum Gasteiger partial charge on any atom is 0.234 e. The number of benzene rings is 1. The lowest BCUT2D eigenvalue weighted by Crippen LogP contribution is -1.62. The number of hydrogen-bond donors (Lipinski definition) is 0. The lowest BCUT2D eigenvalue weighted by molar-refractivity contribution is 0.563. The summed E-state index contributed by atoms with van der Waals surface area (Å²) in [4.78, 5) is 12.3. The van der Waals surface area contributed by atoms with Crippen molar-refractivity contribution in [1.29, 1.82) is 0 Å². The molecule has 1 aromatic carbocycles. The van der Waals surface area contributed by atoms with Gasteiger partial charge < -0.3 is 0 Å². The maximum absolute atomic E-state index is 9.11. The zero-order valence-corrected chi connectivity index (χ0v) is 7.45. The molecule has 0 N–H and O–H groups in total. The van der Waals surface area contributed by atoms with Gasteiger partial charge in [-0.15, -0.1) is 0 Å². The highest BCUT2D eigenvalue weighted by atomic mass is 16.1.